The van der Waals surface area contributed by atoms with Crippen LogP contribution in [0.25, 0.3) is 0 Å². The van der Waals surface area contributed by atoms with Crippen LogP contribution in [0.4, 0.5) is 10.6 Å². The van der Waals surface area contributed by atoms with Gasteiger partial charge in [-0.1, -0.05) is 6.07 Å². The van der Waals surface area contributed by atoms with Crippen LogP contribution in [0.1, 0.15) is 19.4 Å². The summed E-state index contributed by atoms with van der Waals surface area (Å²) in [6.07, 6.45) is 1.09. The Morgan fingerprint density at radius 3 is 2.71 bits per heavy atom. The smallest absolute Gasteiger partial charge is 0.413 e. The Hall–Kier alpha value is -1.58. The standard InChI is InChI=1S/C10H14N2O2/c1-7(2)14-10(13)12-9-5-4-8(3)6-11-9/h4-7H,1-3H3,(H,11,12,13). The molecule has 1 aromatic rings. The summed E-state index contributed by atoms with van der Waals surface area (Å²) in [5.74, 6) is 0.501. The molecule has 1 heterocycles. The molecule has 0 bridgehead atoms. The highest BCUT2D eigenvalue weighted by atomic mass is 16.6. The number of hydrogen-bond donors (Lipinski definition) is 1. The maximum absolute atomic E-state index is 11.1. The lowest BCUT2D eigenvalue weighted by Crippen LogP contribution is -2.18. The number of ether oxygens (including phenoxy) is 1. The normalized spacial score (nSPS) is 10.0. The molecule has 76 valence electrons. The molecule has 1 aromatic heterocycles. The van der Waals surface area contributed by atoms with Crippen LogP contribution in [0.5, 0.6) is 0 Å². The van der Waals surface area contributed by atoms with Crippen LogP contribution in [-0.4, -0.2) is 17.2 Å². The summed E-state index contributed by atoms with van der Waals surface area (Å²) in [7, 11) is 0. The van der Waals surface area contributed by atoms with Crippen molar-refractivity contribution in [3.05, 3.63) is 23.9 Å². The van der Waals surface area contributed by atoms with Crippen molar-refractivity contribution in [2.24, 2.45) is 0 Å². The van der Waals surface area contributed by atoms with Gasteiger partial charge in [-0.05, 0) is 32.4 Å². The average Bonchev–Trinajstić information content (AvgIpc) is 2.07. The van der Waals surface area contributed by atoms with E-state index in [1.165, 1.54) is 0 Å². The molecule has 0 radical (unpaired) electrons. The zero-order valence-electron chi connectivity index (χ0n) is 8.57. The first-order valence-corrected chi connectivity index (χ1v) is 4.48. The highest BCUT2D eigenvalue weighted by Crippen LogP contribution is 2.04. The molecule has 0 spiro atoms. The number of aryl methyl sites for hydroxylation is 1. The predicted molar refractivity (Wildman–Crippen MR) is 54.2 cm³/mol. The van der Waals surface area contributed by atoms with E-state index in [9.17, 15) is 4.79 Å². The fourth-order valence-electron chi connectivity index (χ4n) is 0.890. The lowest BCUT2D eigenvalue weighted by Gasteiger charge is -2.08. The highest BCUT2D eigenvalue weighted by Gasteiger charge is 2.05. The fourth-order valence-corrected chi connectivity index (χ4v) is 0.890. The van der Waals surface area contributed by atoms with Crippen LogP contribution in [-0.2, 0) is 4.74 Å². The lowest BCUT2D eigenvalue weighted by atomic mass is 10.3. The molecular formula is C10H14N2O2. The van der Waals surface area contributed by atoms with Crippen molar-refractivity contribution in [2.45, 2.75) is 26.9 Å². The zero-order valence-corrected chi connectivity index (χ0v) is 8.57. The molecule has 0 saturated carbocycles. The maximum Gasteiger partial charge on any atom is 0.413 e. The molecule has 1 N–H and O–H groups in total. The Balaban J connectivity index is 2.52. The lowest BCUT2D eigenvalue weighted by molar-refractivity contribution is 0.130. The van der Waals surface area contributed by atoms with Gasteiger partial charge in [0.15, 0.2) is 0 Å². The summed E-state index contributed by atoms with van der Waals surface area (Å²) in [5.41, 5.74) is 1.05. The molecule has 4 heteroatoms. The first-order valence-electron chi connectivity index (χ1n) is 4.48. The van der Waals surface area contributed by atoms with Crippen LogP contribution in [0.2, 0.25) is 0 Å². The van der Waals surface area contributed by atoms with E-state index >= 15 is 0 Å². The molecule has 0 saturated heterocycles. The summed E-state index contributed by atoms with van der Waals surface area (Å²) in [4.78, 5) is 15.1. The van der Waals surface area contributed by atoms with Gasteiger partial charge in [-0.3, -0.25) is 5.32 Å². The summed E-state index contributed by atoms with van der Waals surface area (Å²) in [5, 5.41) is 2.53. The second-order valence-electron chi connectivity index (χ2n) is 3.30. The second-order valence-corrected chi connectivity index (χ2v) is 3.30. The Morgan fingerprint density at radius 1 is 1.50 bits per heavy atom. The number of carbonyl (C=O) groups is 1. The monoisotopic (exact) mass is 194 g/mol. The number of nitrogens with one attached hydrogen (secondary N) is 1. The molecule has 0 unspecified atom stereocenters. The Kier molecular flexibility index (Phi) is 3.45. The van der Waals surface area contributed by atoms with E-state index in [0.717, 1.165) is 5.56 Å². The fraction of sp³-hybridized carbons (Fsp3) is 0.400. The second kappa shape index (κ2) is 4.60. The molecule has 1 rings (SSSR count). The molecule has 14 heavy (non-hydrogen) atoms. The van der Waals surface area contributed by atoms with E-state index in [2.05, 4.69) is 10.3 Å². The molecule has 4 nitrogen and oxygen atoms in total. The van der Waals surface area contributed by atoms with Crippen molar-refractivity contribution >= 4 is 11.9 Å². The van der Waals surface area contributed by atoms with Crippen LogP contribution in [0, 0.1) is 6.92 Å². The minimum absolute atomic E-state index is 0.125. The molecule has 0 aliphatic rings. The molecule has 0 aliphatic heterocycles. The van der Waals surface area contributed by atoms with Gasteiger partial charge < -0.3 is 4.74 Å². The van der Waals surface area contributed by atoms with Gasteiger partial charge in [-0.25, -0.2) is 9.78 Å². The third-order valence-electron chi connectivity index (χ3n) is 1.48. The van der Waals surface area contributed by atoms with Crippen LogP contribution in [0.3, 0.4) is 0 Å². The molecule has 0 aromatic carbocycles. The van der Waals surface area contributed by atoms with Gasteiger partial charge in [0.1, 0.15) is 5.82 Å². The Bertz CT molecular complexity index is 306. The molecular weight excluding hydrogens is 180 g/mol. The Labute approximate surface area is 83.3 Å². The minimum atomic E-state index is -0.476. The zero-order chi connectivity index (χ0) is 10.6. The molecule has 0 fully saturated rings. The van der Waals surface area contributed by atoms with Crippen molar-refractivity contribution in [3.63, 3.8) is 0 Å². The third-order valence-corrected chi connectivity index (χ3v) is 1.48. The van der Waals surface area contributed by atoms with Crippen molar-refractivity contribution < 1.29 is 9.53 Å². The van der Waals surface area contributed by atoms with Gasteiger partial charge in [0.25, 0.3) is 0 Å². The van der Waals surface area contributed by atoms with E-state index in [4.69, 9.17) is 4.74 Å². The van der Waals surface area contributed by atoms with Gasteiger partial charge in [-0.2, -0.15) is 0 Å². The van der Waals surface area contributed by atoms with Gasteiger partial charge in [0.05, 0.1) is 6.10 Å². The van der Waals surface area contributed by atoms with E-state index in [1.54, 1.807) is 26.1 Å². The van der Waals surface area contributed by atoms with Gasteiger partial charge >= 0.3 is 6.09 Å². The van der Waals surface area contributed by atoms with Crippen molar-refractivity contribution in [1.29, 1.82) is 0 Å². The number of pyridine rings is 1. The number of nitrogens with zero attached hydrogens (tertiary/aromatic N) is 1. The minimum Gasteiger partial charge on any atom is -0.447 e. The Morgan fingerprint density at radius 2 is 2.21 bits per heavy atom. The predicted octanol–water partition coefficient (Wildman–Crippen LogP) is 2.35. The number of hydrogen-bond acceptors (Lipinski definition) is 3. The maximum atomic E-state index is 11.1. The molecule has 0 aliphatic carbocycles. The first kappa shape index (κ1) is 10.5. The van der Waals surface area contributed by atoms with E-state index < -0.39 is 6.09 Å². The summed E-state index contributed by atoms with van der Waals surface area (Å²) >= 11 is 0. The van der Waals surface area contributed by atoms with E-state index in [-0.39, 0.29) is 6.10 Å². The number of anilines is 1. The van der Waals surface area contributed by atoms with Crippen LogP contribution < -0.4 is 5.32 Å². The van der Waals surface area contributed by atoms with Crippen molar-refractivity contribution in [3.8, 4) is 0 Å². The summed E-state index contributed by atoms with van der Waals surface area (Å²) in [6.45, 7) is 5.52. The van der Waals surface area contributed by atoms with E-state index in [0.29, 0.717) is 5.82 Å². The molecule has 0 atom stereocenters. The van der Waals surface area contributed by atoms with Gasteiger partial charge in [0, 0.05) is 6.20 Å². The third kappa shape index (κ3) is 3.43. The number of amides is 1. The SMILES string of the molecule is Cc1ccc(NC(=O)OC(C)C)nc1. The quantitative estimate of drug-likeness (QED) is 0.786. The number of aromatic nitrogens is 1. The van der Waals surface area contributed by atoms with Crippen molar-refractivity contribution in [2.75, 3.05) is 5.32 Å². The average molecular weight is 194 g/mol. The number of rotatable bonds is 2. The summed E-state index contributed by atoms with van der Waals surface area (Å²) in [6, 6.07) is 3.61. The first-order chi connectivity index (χ1) is 6.58. The number of carbonyl (C=O) groups excluding carboxylic acids is 1. The highest BCUT2D eigenvalue weighted by molar-refractivity contribution is 5.83. The van der Waals surface area contributed by atoms with Gasteiger partial charge in [0.2, 0.25) is 0 Å². The largest absolute Gasteiger partial charge is 0.447 e. The van der Waals surface area contributed by atoms with E-state index in [1.807, 2.05) is 13.0 Å². The summed E-state index contributed by atoms with van der Waals surface area (Å²) < 4.78 is 4.89. The van der Waals surface area contributed by atoms with Crippen LogP contribution >= 0.6 is 0 Å². The molecule has 1 amide bonds. The van der Waals surface area contributed by atoms with Crippen molar-refractivity contribution in [1.82, 2.24) is 4.98 Å². The van der Waals surface area contributed by atoms with Crippen LogP contribution in [0.15, 0.2) is 18.3 Å². The topological polar surface area (TPSA) is 51.2 Å². The van der Waals surface area contributed by atoms with Gasteiger partial charge in [-0.15, -0.1) is 0 Å².